The SMILES string of the molecule is CC(C)(C)c1cc(NC(=O)NC2CCC(NC(=O)c3ccc(OC4CCNCC4)cn3)CC2)no1.Cl. The van der Waals surface area contributed by atoms with Crippen molar-refractivity contribution in [3.63, 3.8) is 0 Å². The maximum atomic E-state index is 12.6. The van der Waals surface area contributed by atoms with Crippen LogP contribution in [-0.2, 0) is 5.41 Å². The highest BCUT2D eigenvalue weighted by atomic mass is 35.5. The summed E-state index contributed by atoms with van der Waals surface area (Å²) >= 11 is 0. The Labute approximate surface area is 218 Å². The van der Waals surface area contributed by atoms with E-state index >= 15 is 0 Å². The summed E-state index contributed by atoms with van der Waals surface area (Å²) in [4.78, 5) is 29.3. The highest BCUT2D eigenvalue weighted by Crippen LogP contribution is 2.25. The van der Waals surface area contributed by atoms with Crippen LogP contribution < -0.4 is 26.0 Å². The number of hydrogen-bond donors (Lipinski definition) is 4. The number of ether oxygens (including phenoxy) is 1. The van der Waals surface area contributed by atoms with Crippen LogP contribution in [0.3, 0.4) is 0 Å². The van der Waals surface area contributed by atoms with Gasteiger partial charge in [-0.05, 0) is 63.7 Å². The van der Waals surface area contributed by atoms with E-state index in [1.807, 2.05) is 26.8 Å². The quantitative estimate of drug-likeness (QED) is 0.456. The molecule has 4 N–H and O–H groups in total. The largest absolute Gasteiger partial charge is 0.489 e. The molecule has 0 atom stereocenters. The van der Waals surface area contributed by atoms with Gasteiger partial charge >= 0.3 is 6.03 Å². The molecule has 36 heavy (non-hydrogen) atoms. The monoisotopic (exact) mass is 520 g/mol. The van der Waals surface area contributed by atoms with Crippen molar-refractivity contribution in [3.05, 3.63) is 35.9 Å². The minimum Gasteiger partial charge on any atom is -0.489 e. The molecule has 4 rings (SSSR count). The normalized spacial score (nSPS) is 20.6. The van der Waals surface area contributed by atoms with Crippen LogP contribution in [-0.4, -0.2) is 53.4 Å². The van der Waals surface area contributed by atoms with Crippen molar-refractivity contribution in [2.75, 3.05) is 18.4 Å². The van der Waals surface area contributed by atoms with Crippen LogP contribution in [0.15, 0.2) is 28.9 Å². The fourth-order valence-electron chi connectivity index (χ4n) is 4.36. The number of anilines is 1. The average molecular weight is 521 g/mol. The molecule has 3 heterocycles. The highest BCUT2D eigenvalue weighted by molar-refractivity contribution is 5.92. The number of rotatable bonds is 6. The first kappa shape index (κ1) is 27.7. The van der Waals surface area contributed by atoms with E-state index in [-0.39, 0.29) is 47.9 Å². The van der Waals surface area contributed by atoms with Gasteiger partial charge in [-0.25, -0.2) is 9.78 Å². The summed E-state index contributed by atoms with van der Waals surface area (Å²) in [6.07, 6.45) is 6.88. The molecule has 1 aliphatic heterocycles. The molecule has 2 aromatic rings. The second-order valence-corrected chi connectivity index (χ2v) is 10.4. The molecule has 2 fully saturated rings. The molecular formula is C25H37ClN6O4. The maximum absolute atomic E-state index is 12.6. The molecule has 1 saturated heterocycles. The molecule has 0 aromatic carbocycles. The van der Waals surface area contributed by atoms with Gasteiger partial charge in [0, 0.05) is 23.6 Å². The van der Waals surface area contributed by atoms with E-state index in [4.69, 9.17) is 9.26 Å². The lowest BCUT2D eigenvalue weighted by molar-refractivity contribution is 0.0919. The minimum atomic E-state index is -0.303. The van der Waals surface area contributed by atoms with Gasteiger partial charge < -0.3 is 25.2 Å². The minimum absolute atomic E-state index is 0. The molecule has 198 valence electrons. The summed E-state index contributed by atoms with van der Waals surface area (Å²) < 4.78 is 11.3. The van der Waals surface area contributed by atoms with Crippen molar-refractivity contribution in [3.8, 4) is 5.75 Å². The predicted molar refractivity (Wildman–Crippen MR) is 139 cm³/mol. The molecule has 1 aliphatic carbocycles. The molecular weight excluding hydrogens is 484 g/mol. The van der Waals surface area contributed by atoms with E-state index in [0.717, 1.165) is 51.6 Å². The summed E-state index contributed by atoms with van der Waals surface area (Å²) in [5, 5.41) is 16.0. The second-order valence-electron chi connectivity index (χ2n) is 10.4. The standard InChI is InChI=1S/C25H36N6O4.ClH/c1-25(2,3)21-14-22(31-35-21)30-24(33)29-17-6-4-16(5-7-17)28-23(32)20-9-8-19(15-27-20)34-18-10-12-26-13-11-18;/h8-9,14-18,26H,4-7,10-13H2,1-3H3,(H,28,32)(H2,29,30,31,33);1H. The van der Waals surface area contributed by atoms with Gasteiger partial charge in [0.15, 0.2) is 5.82 Å². The molecule has 0 bridgehead atoms. The fourth-order valence-corrected chi connectivity index (χ4v) is 4.36. The van der Waals surface area contributed by atoms with Crippen molar-refractivity contribution in [1.82, 2.24) is 26.1 Å². The number of carbonyl (C=O) groups is 2. The molecule has 10 nitrogen and oxygen atoms in total. The Morgan fingerprint density at radius 3 is 2.28 bits per heavy atom. The number of halogens is 1. The Bertz CT molecular complexity index is 993. The zero-order valence-corrected chi connectivity index (χ0v) is 22.0. The number of urea groups is 1. The van der Waals surface area contributed by atoms with Crippen molar-refractivity contribution in [2.45, 2.75) is 82.9 Å². The average Bonchev–Trinajstić information content (AvgIpc) is 3.30. The van der Waals surface area contributed by atoms with E-state index < -0.39 is 0 Å². The molecule has 1 saturated carbocycles. The van der Waals surface area contributed by atoms with Gasteiger partial charge in [0.25, 0.3) is 5.91 Å². The molecule has 11 heteroatoms. The lowest BCUT2D eigenvalue weighted by atomic mass is 9.91. The first-order valence-electron chi connectivity index (χ1n) is 12.5. The number of piperidine rings is 1. The van der Waals surface area contributed by atoms with Crippen molar-refractivity contribution < 1.29 is 18.8 Å². The summed E-state index contributed by atoms with van der Waals surface area (Å²) in [6.45, 7) is 7.97. The molecule has 0 radical (unpaired) electrons. The zero-order valence-electron chi connectivity index (χ0n) is 21.1. The summed E-state index contributed by atoms with van der Waals surface area (Å²) in [5.74, 6) is 1.61. The highest BCUT2D eigenvalue weighted by Gasteiger charge is 2.25. The molecule has 0 unspecified atom stereocenters. The number of carbonyl (C=O) groups excluding carboxylic acids is 2. The van der Waals surface area contributed by atoms with Crippen LogP contribution in [0, 0.1) is 0 Å². The van der Waals surface area contributed by atoms with Gasteiger partial charge in [0.1, 0.15) is 23.3 Å². The van der Waals surface area contributed by atoms with Gasteiger partial charge in [-0.3, -0.25) is 10.1 Å². The van der Waals surface area contributed by atoms with E-state index in [9.17, 15) is 9.59 Å². The number of hydrogen-bond acceptors (Lipinski definition) is 7. The van der Waals surface area contributed by atoms with Gasteiger partial charge in [-0.15, -0.1) is 12.4 Å². The summed E-state index contributed by atoms with van der Waals surface area (Å²) in [7, 11) is 0. The molecule has 3 amide bonds. The fraction of sp³-hybridized carbons (Fsp3) is 0.600. The van der Waals surface area contributed by atoms with Crippen LogP contribution >= 0.6 is 12.4 Å². The third-order valence-corrected chi connectivity index (χ3v) is 6.45. The lowest BCUT2D eigenvalue weighted by Gasteiger charge is -2.29. The summed E-state index contributed by atoms with van der Waals surface area (Å²) in [5.41, 5.74) is 0.203. The van der Waals surface area contributed by atoms with E-state index in [1.165, 1.54) is 0 Å². The Morgan fingerprint density at radius 1 is 1.03 bits per heavy atom. The molecule has 2 aliphatic rings. The van der Waals surface area contributed by atoms with Gasteiger partial charge in [0.2, 0.25) is 0 Å². The van der Waals surface area contributed by atoms with Crippen LogP contribution in [0.5, 0.6) is 5.75 Å². The third-order valence-electron chi connectivity index (χ3n) is 6.45. The van der Waals surface area contributed by atoms with Crippen LogP contribution in [0.4, 0.5) is 10.6 Å². The van der Waals surface area contributed by atoms with Crippen molar-refractivity contribution in [2.24, 2.45) is 0 Å². The number of nitrogens with zero attached hydrogens (tertiary/aromatic N) is 2. The van der Waals surface area contributed by atoms with E-state index in [0.29, 0.717) is 23.0 Å². The first-order chi connectivity index (χ1) is 16.8. The number of nitrogens with one attached hydrogen (secondary N) is 4. The molecule has 0 spiro atoms. The topological polar surface area (TPSA) is 130 Å². The van der Waals surface area contributed by atoms with E-state index in [2.05, 4.69) is 31.4 Å². The summed E-state index contributed by atoms with van der Waals surface area (Å²) in [6, 6.07) is 5.05. The van der Waals surface area contributed by atoms with Crippen LogP contribution in [0.2, 0.25) is 0 Å². The smallest absolute Gasteiger partial charge is 0.320 e. The second kappa shape index (κ2) is 12.4. The number of pyridine rings is 1. The van der Waals surface area contributed by atoms with E-state index in [1.54, 1.807) is 18.3 Å². The Hall–Kier alpha value is -2.85. The Morgan fingerprint density at radius 2 is 1.69 bits per heavy atom. The number of aromatic nitrogens is 2. The molecule has 2 aromatic heterocycles. The van der Waals surface area contributed by atoms with Crippen LogP contribution in [0.1, 0.15) is 75.5 Å². The number of amides is 3. The third kappa shape index (κ3) is 7.83. The zero-order chi connectivity index (χ0) is 24.8. The van der Waals surface area contributed by atoms with Gasteiger partial charge in [-0.2, -0.15) is 0 Å². The lowest BCUT2D eigenvalue weighted by Crippen LogP contribution is -2.45. The maximum Gasteiger partial charge on any atom is 0.320 e. The Kier molecular flexibility index (Phi) is 9.56. The Balaban J connectivity index is 0.00000361. The van der Waals surface area contributed by atoms with Gasteiger partial charge in [-0.1, -0.05) is 25.9 Å². The van der Waals surface area contributed by atoms with Gasteiger partial charge in [0.05, 0.1) is 6.20 Å². The van der Waals surface area contributed by atoms with Crippen molar-refractivity contribution in [1.29, 1.82) is 0 Å². The predicted octanol–water partition coefficient (Wildman–Crippen LogP) is 3.78. The van der Waals surface area contributed by atoms with Crippen LogP contribution in [0.25, 0.3) is 0 Å². The first-order valence-corrected chi connectivity index (χ1v) is 12.5. The van der Waals surface area contributed by atoms with Crippen molar-refractivity contribution >= 4 is 30.2 Å².